The summed E-state index contributed by atoms with van der Waals surface area (Å²) in [5.74, 6) is -0.858. The number of nitrogens with zero attached hydrogens (tertiary/aromatic N) is 2. The zero-order valence-corrected chi connectivity index (χ0v) is 11.6. The van der Waals surface area contributed by atoms with Crippen LogP contribution < -0.4 is 5.73 Å². The third kappa shape index (κ3) is 3.26. The lowest BCUT2D eigenvalue weighted by molar-refractivity contribution is -0.125. The Labute approximate surface area is 121 Å². The van der Waals surface area contributed by atoms with E-state index in [9.17, 15) is 14.7 Å². The van der Waals surface area contributed by atoms with Gasteiger partial charge in [0, 0.05) is 18.9 Å². The molecule has 2 rings (SSSR count). The molecule has 2 heterocycles. The first-order valence-corrected chi connectivity index (χ1v) is 6.68. The molecule has 0 aromatic carbocycles. The Morgan fingerprint density at radius 1 is 1.55 bits per heavy atom. The average molecular weight is 298 g/mol. The number of amides is 2. The number of piperidine rings is 1. The summed E-state index contributed by atoms with van der Waals surface area (Å²) in [4.78, 5) is 28.7. The van der Waals surface area contributed by atoms with Gasteiger partial charge in [0.25, 0.3) is 5.91 Å². The fraction of sp³-hybridized carbons (Fsp3) is 0.462. The average Bonchev–Trinajstić information content (AvgIpc) is 2.37. The van der Waals surface area contributed by atoms with Gasteiger partial charge in [-0.15, -0.1) is 0 Å². The van der Waals surface area contributed by atoms with Crippen LogP contribution in [0.3, 0.4) is 0 Å². The van der Waals surface area contributed by atoms with Crippen molar-refractivity contribution >= 4 is 23.4 Å². The first kappa shape index (κ1) is 14.7. The number of halogens is 1. The van der Waals surface area contributed by atoms with E-state index in [4.69, 9.17) is 17.3 Å². The van der Waals surface area contributed by atoms with Crippen LogP contribution in [0.5, 0.6) is 0 Å². The SMILES string of the molecule is NC(=O)CC1(O)CCCN(C(=O)c2ccncc2Cl)C1. The van der Waals surface area contributed by atoms with Gasteiger partial charge in [-0.25, -0.2) is 0 Å². The van der Waals surface area contributed by atoms with Gasteiger partial charge in [-0.05, 0) is 18.9 Å². The minimum absolute atomic E-state index is 0.0768. The summed E-state index contributed by atoms with van der Waals surface area (Å²) in [7, 11) is 0. The second-order valence-corrected chi connectivity index (χ2v) is 5.46. The molecule has 0 saturated carbocycles. The number of carbonyl (C=O) groups excluding carboxylic acids is 2. The van der Waals surface area contributed by atoms with Crippen LogP contribution in [-0.2, 0) is 4.79 Å². The Bertz CT molecular complexity index is 537. The lowest BCUT2D eigenvalue weighted by Gasteiger charge is -2.38. The highest BCUT2D eigenvalue weighted by Gasteiger charge is 2.37. The molecule has 1 aromatic rings. The third-order valence-electron chi connectivity index (χ3n) is 3.35. The Kier molecular flexibility index (Phi) is 4.25. The number of hydrogen-bond acceptors (Lipinski definition) is 4. The predicted molar refractivity (Wildman–Crippen MR) is 73.1 cm³/mol. The van der Waals surface area contributed by atoms with Crippen molar-refractivity contribution in [3.05, 3.63) is 29.0 Å². The number of β-amino-alcohol motifs (C(OH)–C–C–N with tert-alkyl or cyclic N) is 1. The first-order chi connectivity index (χ1) is 9.41. The quantitative estimate of drug-likeness (QED) is 0.853. The first-order valence-electron chi connectivity index (χ1n) is 6.31. The van der Waals surface area contributed by atoms with Crippen LogP contribution >= 0.6 is 11.6 Å². The highest BCUT2D eigenvalue weighted by Crippen LogP contribution is 2.26. The Hall–Kier alpha value is -1.66. The monoisotopic (exact) mass is 297 g/mol. The van der Waals surface area contributed by atoms with E-state index >= 15 is 0 Å². The maximum atomic E-state index is 12.4. The standard InChI is InChI=1S/C13H16ClN3O3/c14-10-7-16-4-2-9(10)12(19)17-5-1-3-13(20,8-17)6-11(15)18/h2,4,7,20H,1,3,5-6,8H2,(H2,15,18). The van der Waals surface area contributed by atoms with Crippen molar-refractivity contribution in [3.63, 3.8) is 0 Å². The molecule has 6 nitrogen and oxygen atoms in total. The highest BCUT2D eigenvalue weighted by molar-refractivity contribution is 6.33. The van der Waals surface area contributed by atoms with E-state index < -0.39 is 11.5 Å². The number of aliphatic hydroxyl groups is 1. The molecule has 0 bridgehead atoms. The van der Waals surface area contributed by atoms with Crippen molar-refractivity contribution in [2.45, 2.75) is 24.9 Å². The van der Waals surface area contributed by atoms with Crippen molar-refractivity contribution < 1.29 is 14.7 Å². The summed E-state index contributed by atoms with van der Waals surface area (Å²) >= 11 is 5.95. The highest BCUT2D eigenvalue weighted by atomic mass is 35.5. The van der Waals surface area contributed by atoms with E-state index in [0.717, 1.165) is 0 Å². The lowest BCUT2D eigenvalue weighted by Crippen LogP contribution is -2.51. The van der Waals surface area contributed by atoms with E-state index in [0.29, 0.717) is 24.9 Å². The Morgan fingerprint density at radius 2 is 2.30 bits per heavy atom. The molecule has 108 valence electrons. The van der Waals surface area contributed by atoms with Crippen molar-refractivity contribution in [1.29, 1.82) is 0 Å². The second-order valence-electron chi connectivity index (χ2n) is 5.05. The van der Waals surface area contributed by atoms with Crippen LogP contribution in [0.25, 0.3) is 0 Å². The summed E-state index contributed by atoms with van der Waals surface area (Å²) in [5.41, 5.74) is 4.22. The number of nitrogens with two attached hydrogens (primary N) is 1. The van der Waals surface area contributed by atoms with Crippen LogP contribution in [0, 0.1) is 0 Å². The van der Waals surface area contributed by atoms with E-state index in [1.807, 2.05) is 0 Å². The van der Waals surface area contributed by atoms with Gasteiger partial charge in [-0.1, -0.05) is 11.6 Å². The smallest absolute Gasteiger partial charge is 0.255 e. The van der Waals surface area contributed by atoms with Gasteiger partial charge >= 0.3 is 0 Å². The summed E-state index contributed by atoms with van der Waals surface area (Å²) in [5, 5.41) is 10.6. The number of rotatable bonds is 3. The fourth-order valence-electron chi connectivity index (χ4n) is 2.47. The number of likely N-dealkylation sites (tertiary alicyclic amines) is 1. The fourth-order valence-corrected chi connectivity index (χ4v) is 2.67. The zero-order chi connectivity index (χ0) is 14.8. The predicted octanol–water partition coefficient (Wildman–Crippen LogP) is 0.577. The molecule has 1 saturated heterocycles. The van der Waals surface area contributed by atoms with Crippen molar-refractivity contribution in [1.82, 2.24) is 9.88 Å². The van der Waals surface area contributed by atoms with Gasteiger partial charge in [-0.2, -0.15) is 0 Å². The number of hydrogen-bond donors (Lipinski definition) is 2. The second kappa shape index (κ2) is 5.76. The number of pyridine rings is 1. The molecule has 1 atom stereocenters. The molecule has 1 aliphatic heterocycles. The van der Waals surface area contributed by atoms with E-state index in [2.05, 4.69) is 4.98 Å². The van der Waals surface area contributed by atoms with Gasteiger partial charge in [0.15, 0.2) is 0 Å². The van der Waals surface area contributed by atoms with Crippen LogP contribution in [0.1, 0.15) is 29.6 Å². The zero-order valence-electron chi connectivity index (χ0n) is 10.9. The van der Waals surface area contributed by atoms with Crippen LogP contribution in [0.4, 0.5) is 0 Å². The van der Waals surface area contributed by atoms with Crippen LogP contribution in [-0.4, -0.2) is 45.5 Å². The van der Waals surface area contributed by atoms with Gasteiger partial charge in [0.2, 0.25) is 5.91 Å². The molecular weight excluding hydrogens is 282 g/mol. The van der Waals surface area contributed by atoms with Gasteiger partial charge in [0.1, 0.15) is 0 Å². The molecule has 1 fully saturated rings. The minimum atomic E-state index is -1.25. The molecule has 3 N–H and O–H groups in total. The van der Waals surface area contributed by atoms with Crippen LogP contribution in [0.15, 0.2) is 18.5 Å². The third-order valence-corrected chi connectivity index (χ3v) is 3.65. The summed E-state index contributed by atoms with van der Waals surface area (Å²) in [6.07, 6.45) is 3.79. The maximum Gasteiger partial charge on any atom is 0.255 e. The van der Waals surface area contributed by atoms with Gasteiger partial charge < -0.3 is 15.7 Å². The molecule has 0 aliphatic carbocycles. The molecule has 1 aliphatic rings. The molecule has 7 heteroatoms. The van der Waals surface area contributed by atoms with Crippen LogP contribution in [0.2, 0.25) is 5.02 Å². The van der Waals surface area contributed by atoms with Crippen molar-refractivity contribution in [2.75, 3.05) is 13.1 Å². The summed E-state index contributed by atoms with van der Waals surface area (Å²) in [6.45, 7) is 0.589. The molecule has 0 spiro atoms. The van der Waals surface area contributed by atoms with E-state index in [1.165, 1.54) is 23.4 Å². The Morgan fingerprint density at radius 3 is 2.95 bits per heavy atom. The van der Waals surface area contributed by atoms with Gasteiger partial charge in [-0.3, -0.25) is 14.6 Å². The topological polar surface area (TPSA) is 96.5 Å². The number of primary amides is 1. The molecule has 2 amide bonds. The van der Waals surface area contributed by atoms with Gasteiger partial charge in [0.05, 0.1) is 29.2 Å². The van der Waals surface area contributed by atoms with Crippen molar-refractivity contribution in [2.24, 2.45) is 5.73 Å². The number of aromatic nitrogens is 1. The van der Waals surface area contributed by atoms with E-state index in [1.54, 1.807) is 0 Å². The molecular formula is C13H16ClN3O3. The summed E-state index contributed by atoms with van der Waals surface area (Å²) in [6, 6.07) is 1.53. The Balaban J connectivity index is 2.15. The molecule has 1 aromatic heterocycles. The van der Waals surface area contributed by atoms with Crippen molar-refractivity contribution in [3.8, 4) is 0 Å². The molecule has 20 heavy (non-hydrogen) atoms. The minimum Gasteiger partial charge on any atom is -0.388 e. The largest absolute Gasteiger partial charge is 0.388 e. The molecule has 0 radical (unpaired) electrons. The number of carbonyl (C=O) groups is 2. The normalized spacial score (nSPS) is 22.6. The summed E-state index contributed by atoms with van der Waals surface area (Å²) < 4.78 is 0. The van der Waals surface area contributed by atoms with E-state index in [-0.39, 0.29) is 23.9 Å². The lowest BCUT2D eigenvalue weighted by atomic mass is 9.89. The maximum absolute atomic E-state index is 12.4. The molecule has 1 unspecified atom stereocenters.